The zero-order valence-corrected chi connectivity index (χ0v) is 12.7. The van der Waals surface area contributed by atoms with Gasteiger partial charge in [-0.1, -0.05) is 18.2 Å². The second kappa shape index (κ2) is 6.62. The van der Waals surface area contributed by atoms with Gasteiger partial charge in [0.2, 0.25) is 0 Å². The van der Waals surface area contributed by atoms with Gasteiger partial charge in [-0.05, 0) is 55.2 Å². The van der Waals surface area contributed by atoms with Crippen molar-refractivity contribution in [3.8, 4) is 6.07 Å². The Morgan fingerprint density at radius 2 is 1.96 bits per heavy atom. The Kier molecular flexibility index (Phi) is 4.38. The van der Waals surface area contributed by atoms with Crippen molar-refractivity contribution in [1.82, 2.24) is 4.90 Å². The van der Waals surface area contributed by atoms with Crippen LogP contribution in [0, 0.1) is 17.1 Å². The number of rotatable bonds is 2. The van der Waals surface area contributed by atoms with Gasteiger partial charge in [0.15, 0.2) is 0 Å². The molecule has 2 aromatic rings. The molecule has 0 N–H and O–H groups in total. The van der Waals surface area contributed by atoms with E-state index in [0.717, 1.165) is 24.8 Å². The summed E-state index contributed by atoms with van der Waals surface area (Å²) < 4.78 is 13.1. The average Bonchev–Trinajstić information content (AvgIpc) is 2.62. The Morgan fingerprint density at radius 1 is 1.17 bits per heavy atom. The number of carbonyl (C=O) groups is 1. The molecule has 1 amide bonds. The second-order valence-electron chi connectivity index (χ2n) is 5.75. The summed E-state index contributed by atoms with van der Waals surface area (Å²) in [5, 5.41) is 9.00. The molecule has 116 valence electrons. The van der Waals surface area contributed by atoms with Gasteiger partial charge in [-0.25, -0.2) is 4.39 Å². The molecule has 4 heteroatoms. The van der Waals surface area contributed by atoms with Crippen molar-refractivity contribution in [1.29, 1.82) is 5.26 Å². The number of piperidine rings is 1. The Labute approximate surface area is 135 Å². The molecule has 1 aliphatic rings. The van der Waals surface area contributed by atoms with Crippen molar-refractivity contribution in [2.45, 2.75) is 25.3 Å². The zero-order chi connectivity index (χ0) is 16.2. The maximum Gasteiger partial charge on any atom is 0.254 e. The third-order valence-corrected chi connectivity index (χ3v) is 4.26. The first-order valence-corrected chi connectivity index (χ1v) is 7.75. The van der Waals surface area contributed by atoms with Crippen LogP contribution in [0.15, 0.2) is 48.5 Å². The van der Waals surface area contributed by atoms with Gasteiger partial charge in [0.05, 0.1) is 17.7 Å². The minimum absolute atomic E-state index is 0.0393. The van der Waals surface area contributed by atoms with E-state index in [4.69, 9.17) is 5.26 Å². The summed E-state index contributed by atoms with van der Waals surface area (Å²) in [6, 6.07) is 15.2. The summed E-state index contributed by atoms with van der Waals surface area (Å²) in [4.78, 5) is 14.7. The van der Waals surface area contributed by atoms with Crippen LogP contribution < -0.4 is 0 Å². The van der Waals surface area contributed by atoms with Crippen molar-refractivity contribution in [2.75, 3.05) is 6.54 Å². The first-order chi connectivity index (χ1) is 11.2. The molecule has 0 radical (unpaired) electrons. The topological polar surface area (TPSA) is 44.1 Å². The quantitative estimate of drug-likeness (QED) is 0.839. The molecule has 3 rings (SSSR count). The molecule has 1 aliphatic heterocycles. The number of benzene rings is 2. The maximum absolute atomic E-state index is 13.1. The van der Waals surface area contributed by atoms with Gasteiger partial charge in [0.25, 0.3) is 5.91 Å². The summed E-state index contributed by atoms with van der Waals surface area (Å²) in [7, 11) is 0. The molecule has 1 atom stereocenters. The summed E-state index contributed by atoms with van der Waals surface area (Å²) in [6.45, 7) is 0.678. The van der Waals surface area contributed by atoms with E-state index in [1.165, 1.54) is 12.1 Å². The van der Waals surface area contributed by atoms with E-state index in [2.05, 4.69) is 6.07 Å². The van der Waals surface area contributed by atoms with Crippen molar-refractivity contribution in [3.05, 3.63) is 71.0 Å². The molecule has 0 aliphatic carbocycles. The minimum Gasteiger partial charge on any atom is -0.332 e. The minimum atomic E-state index is -0.274. The third kappa shape index (κ3) is 3.24. The fourth-order valence-corrected chi connectivity index (χ4v) is 3.09. The highest BCUT2D eigenvalue weighted by Crippen LogP contribution is 2.32. The Hall–Kier alpha value is -2.67. The van der Waals surface area contributed by atoms with Gasteiger partial charge in [-0.2, -0.15) is 5.26 Å². The van der Waals surface area contributed by atoms with Gasteiger partial charge in [-0.3, -0.25) is 4.79 Å². The van der Waals surface area contributed by atoms with E-state index < -0.39 is 0 Å². The maximum atomic E-state index is 13.1. The predicted molar refractivity (Wildman–Crippen MR) is 85.2 cm³/mol. The molecule has 2 aromatic carbocycles. The second-order valence-corrected chi connectivity index (χ2v) is 5.75. The van der Waals surface area contributed by atoms with E-state index in [-0.39, 0.29) is 17.8 Å². The number of nitriles is 1. The summed E-state index contributed by atoms with van der Waals surface area (Å²) in [6.07, 6.45) is 2.88. The molecule has 1 fully saturated rings. The van der Waals surface area contributed by atoms with Crippen LogP contribution in [0.2, 0.25) is 0 Å². The highest BCUT2D eigenvalue weighted by Gasteiger charge is 2.28. The predicted octanol–water partition coefficient (Wildman–Crippen LogP) is 4.06. The molecular formula is C19H17FN2O. The number of nitrogens with zero attached hydrogens (tertiary/aromatic N) is 2. The van der Waals surface area contributed by atoms with Crippen LogP contribution in [0.4, 0.5) is 4.39 Å². The Bertz CT molecular complexity index is 749. The lowest BCUT2D eigenvalue weighted by Crippen LogP contribution is -2.38. The van der Waals surface area contributed by atoms with E-state index in [0.29, 0.717) is 17.7 Å². The van der Waals surface area contributed by atoms with Crippen molar-refractivity contribution in [3.63, 3.8) is 0 Å². The summed E-state index contributed by atoms with van der Waals surface area (Å²) in [5.41, 5.74) is 1.96. The smallest absolute Gasteiger partial charge is 0.254 e. The Balaban J connectivity index is 1.90. The third-order valence-electron chi connectivity index (χ3n) is 4.26. The molecule has 0 saturated carbocycles. The lowest BCUT2D eigenvalue weighted by molar-refractivity contribution is 0.0611. The molecule has 1 saturated heterocycles. The fourth-order valence-electron chi connectivity index (χ4n) is 3.09. The first kappa shape index (κ1) is 15.2. The first-order valence-electron chi connectivity index (χ1n) is 7.75. The fraction of sp³-hybridized carbons (Fsp3) is 0.263. The molecule has 0 unspecified atom stereocenters. The van der Waals surface area contributed by atoms with Gasteiger partial charge < -0.3 is 4.90 Å². The van der Waals surface area contributed by atoms with Crippen LogP contribution in [0.5, 0.6) is 0 Å². The van der Waals surface area contributed by atoms with Gasteiger partial charge in [-0.15, -0.1) is 0 Å². The lowest BCUT2D eigenvalue weighted by atomic mass is 9.94. The van der Waals surface area contributed by atoms with Crippen LogP contribution in [0.1, 0.15) is 46.8 Å². The molecule has 23 heavy (non-hydrogen) atoms. The summed E-state index contributed by atoms with van der Waals surface area (Å²) in [5.74, 6) is -0.347. The SMILES string of the molecule is N#Cc1cccc(C(=O)N2CCCC[C@H]2c2ccc(F)cc2)c1. The molecule has 0 spiro atoms. The van der Waals surface area contributed by atoms with Crippen molar-refractivity contribution in [2.24, 2.45) is 0 Å². The molecule has 3 nitrogen and oxygen atoms in total. The zero-order valence-electron chi connectivity index (χ0n) is 12.7. The van der Waals surface area contributed by atoms with E-state index in [9.17, 15) is 9.18 Å². The number of hydrogen-bond acceptors (Lipinski definition) is 2. The number of amides is 1. The van der Waals surface area contributed by atoms with Gasteiger partial charge in [0, 0.05) is 12.1 Å². The van der Waals surface area contributed by atoms with Crippen LogP contribution in [0.25, 0.3) is 0 Å². The number of likely N-dealkylation sites (tertiary alicyclic amines) is 1. The molecule has 1 heterocycles. The van der Waals surface area contributed by atoms with Crippen LogP contribution in [-0.2, 0) is 0 Å². The highest BCUT2D eigenvalue weighted by molar-refractivity contribution is 5.95. The molecular weight excluding hydrogens is 291 g/mol. The van der Waals surface area contributed by atoms with Crippen LogP contribution in [-0.4, -0.2) is 17.4 Å². The van der Waals surface area contributed by atoms with Crippen molar-refractivity contribution >= 4 is 5.91 Å². The molecule has 0 aromatic heterocycles. The Morgan fingerprint density at radius 3 is 2.70 bits per heavy atom. The normalized spacial score (nSPS) is 17.6. The largest absolute Gasteiger partial charge is 0.332 e. The van der Waals surface area contributed by atoms with Crippen LogP contribution >= 0.6 is 0 Å². The van der Waals surface area contributed by atoms with E-state index in [1.54, 1.807) is 36.4 Å². The van der Waals surface area contributed by atoms with Crippen LogP contribution in [0.3, 0.4) is 0 Å². The molecule has 0 bridgehead atoms. The van der Waals surface area contributed by atoms with Crippen molar-refractivity contribution < 1.29 is 9.18 Å². The van der Waals surface area contributed by atoms with Gasteiger partial charge in [0.1, 0.15) is 5.82 Å². The lowest BCUT2D eigenvalue weighted by Gasteiger charge is -2.36. The average molecular weight is 308 g/mol. The number of halogens is 1. The highest BCUT2D eigenvalue weighted by atomic mass is 19.1. The van der Waals surface area contributed by atoms with E-state index >= 15 is 0 Å². The van der Waals surface area contributed by atoms with Gasteiger partial charge >= 0.3 is 0 Å². The standard InChI is InChI=1S/C19H17FN2O/c20-17-9-7-15(8-10-17)18-6-1-2-11-22(18)19(23)16-5-3-4-14(12-16)13-21/h3-5,7-10,12,18H,1-2,6,11H2/t18-/m0/s1. The van der Waals surface area contributed by atoms with E-state index in [1.807, 2.05) is 4.90 Å². The monoisotopic (exact) mass is 308 g/mol. The summed E-state index contributed by atoms with van der Waals surface area (Å²) >= 11 is 0. The number of carbonyl (C=O) groups excluding carboxylic acids is 1. The number of hydrogen-bond donors (Lipinski definition) is 0.